The van der Waals surface area contributed by atoms with Crippen molar-refractivity contribution in [1.82, 2.24) is 0 Å². The molecule has 0 bridgehead atoms. The highest BCUT2D eigenvalue weighted by atomic mass is 28.4. The van der Waals surface area contributed by atoms with Crippen LogP contribution in [0.15, 0.2) is 0 Å². The second-order valence-electron chi connectivity index (χ2n) is 3.98. The van der Waals surface area contributed by atoms with Crippen LogP contribution >= 0.6 is 0 Å². The van der Waals surface area contributed by atoms with Crippen molar-refractivity contribution >= 4 is 8.32 Å². The first-order valence-electron chi connectivity index (χ1n) is 5.81. The number of rotatable bonds is 7. The van der Waals surface area contributed by atoms with Crippen LogP contribution in [-0.4, -0.2) is 14.4 Å². The molecule has 0 saturated heterocycles. The summed E-state index contributed by atoms with van der Waals surface area (Å²) < 4.78 is 6.26. The van der Waals surface area contributed by atoms with Gasteiger partial charge in [0.25, 0.3) is 0 Å². The highest BCUT2D eigenvalue weighted by Crippen LogP contribution is 2.25. The van der Waals surface area contributed by atoms with Crippen molar-refractivity contribution in [3.63, 3.8) is 0 Å². The Morgan fingerprint density at radius 2 is 1.62 bits per heavy atom. The van der Waals surface area contributed by atoms with E-state index in [0.29, 0.717) is 6.10 Å². The molecule has 0 aliphatic heterocycles. The first-order valence-corrected chi connectivity index (χ1v) is 8.34. The normalized spacial score (nSPS) is 14.5. The lowest BCUT2D eigenvalue weighted by molar-refractivity contribution is 0.201. The molecule has 0 amide bonds. The van der Waals surface area contributed by atoms with Gasteiger partial charge in [0.15, 0.2) is 8.32 Å². The molecule has 0 rings (SSSR count). The zero-order valence-corrected chi connectivity index (χ0v) is 11.0. The molecule has 0 aromatic rings. The third kappa shape index (κ3) is 4.27. The highest BCUT2D eigenvalue weighted by molar-refractivity contribution is 6.73. The Kier molecular flexibility index (Phi) is 6.69. The molecule has 0 spiro atoms. The van der Waals surface area contributed by atoms with Gasteiger partial charge < -0.3 is 4.43 Å². The zero-order chi connectivity index (χ0) is 10.3. The Labute approximate surface area is 85.0 Å². The van der Waals surface area contributed by atoms with Gasteiger partial charge in [-0.3, -0.25) is 0 Å². The van der Waals surface area contributed by atoms with E-state index in [0.717, 1.165) is 6.42 Å². The van der Waals surface area contributed by atoms with E-state index in [1.807, 2.05) is 0 Å². The van der Waals surface area contributed by atoms with E-state index >= 15 is 0 Å². The van der Waals surface area contributed by atoms with Gasteiger partial charge >= 0.3 is 0 Å². The molecule has 80 valence electrons. The largest absolute Gasteiger partial charge is 0.414 e. The van der Waals surface area contributed by atoms with Crippen LogP contribution in [0, 0.1) is 0 Å². The zero-order valence-electron chi connectivity index (χ0n) is 10.0. The predicted octanol–water partition coefficient (Wildman–Crippen LogP) is 4.20. The number of hydrogen-bond acceptors (Lipinski definition) is 1. The fourth-order valence-corrected chi connectivity index (χ4v) is 5.38. The van der Waals surface area contributed by atoms with E-state index in [9.17, 15) is 0 Å². The molecule has 1 unspecified atom stereocenters. The molecule has 0 aromatic carbocycles. The predicted molar refractivity (Wildman–Crippen MR) is 62.7 cm³/mol. The maximum Gasteiger partial charge on any atom is 0.192 e. The Morgan fingerprint density at radius 1 is 1.08 bits per heavy atom. The molecule has 0 aliphatic carbocycles. The summed E-state index contributed by atoms with van der Waals surface area (Å²) in [6.45, 7) is 11.3. The summed E-state index contributed by atoms with van der Waals surface area (Å²) in [7, 11) is -1.33. The average molecular weight is 202 g/mol. The van der Waals surface area contributed by atoms with E-state index in [4.69, 9.17) is 4.43 Å². The van der Waals surface area contributed by atoms with Gasteiger partial charge in [0, 0.05) is 6.10 Å². The fourth-order valence-electron chi connectivity index (χ4n) is 1.79. The molecule has 0 aliphatic rings. The Balaban J connectivity index is 4.19. The van der Waals surface area contributed by atoms with Crippen molar-refractivity contribution in [2.45, 2.75) is 71.7 Å². The quantitative estimate of drug-likeness (QED) is 0.562. The first kappa shape index (κ1) is 13.2. The van der Waals surface area contributed by atoms with Gasteiger partial charge in [0.2, 0.25) is 0 Å². The summed E-state index contributed by atoms with van der Waals surface area (Å²) in [6.07, 6.45) is 2.90. The minimum atomic E-state index is -1.33. The van der Waals surface area contributed by atoms with Crippen molar-refractivity contribution in [1.29, 1.82) is 0 Å². The second kappa shape index (κ2) is 6.60. The van der Waals surface area contributed by atoms with Crippen LogP contribution in [0.2, 0.25) is 18.1 Å². The average Bonchev–Trinajstić information content (AvgIpc) is 2.17. The van der Waals surface area contributed by atoms with E-state index in [1.165, 1.54) is 24.6 Å². The molecule has 0 radical (unpaired) electrons. The Bertz CT molecular complexity index is 121. The van der Waals surface area contributed by atoms with Crippen LogP contribution in [0.1, 0.15) is 47.5 Å². The molecule has 0 saturated carbocycles. The van der Waals surface area contributed by atoms with Crippen LogP contribution in [0.25, 0.3) is 0 Å². The monoisotopic (exact) mass is 202 g/mol. The van der Waals surface area contributed by atoms with Gasteiger partial charge in [-0.25, -0.2) is 0 Å². The second-order valence-corrected chi connectivity index (χ2v) is 8.49. The van der Waals surface area contributed by atoms with Gasteiger partial charge in [0.05, 0.1) is 0 Å². The molecular weight excluding hydrogens is 176 g/mol. The lowest BCUT2D eigenvalue weighted by Crippen LogP contribution is -2.39. The highest BCUT2D eigenvalue weighted by Gasteiger charge is 2.31. The number of hydrogen-bond donors (Lipinski definition) is 0. The summed E-state index contributed by atoms with van der Waals surface area (Å²) in [5.41, 5.74) is 0. The molecule has 0 heterocycles. The summed E-state index contributed by atoms with van der Waals surface area (Å²) >= 11 is 0. The molecular formula is C11H26OSi. The first-order chi connectivity index (χ1) is 6.14. The molecule has 13 heavy (non-hydrogen) atoms. The summed E-state index contributed by atoms with van der Waals surface area (Å²) in [4.78, 5) is 0. The van der Waals surface area contributed by atoms with E-state index in [1.54, 1.807) is 0 Å². The van der Waals surface area contributed by atoms with Crippen molar-refractivity contribution < 1.29 is 4.43 Å². The van der Waals surface area contributed by atoms with E-state index in [2.05, 4.69) is 34.6 Å². The molecule has 2 heteroatoms. The van der Waals surface area contributed by atoms with Gasteiger partial charge in [-0.1, -0.05) is 34.1 Å². The minimum Gasteiger partial charge on any atom is -0.414 e. The molecule has 1 atom stereocenters. The molecule has 0 fully saturated rings. The standard InChI is InChI=1S/C11H26OSi/c1-6-10-13(8-3,9-4)12-11(5)7-2/h11H,6-10H2,1-5H3. The van der Waals surface area contributed by atoms with Crippen LogP contribution in [0.3, 0.4) is 0 Å². The van der Waals surface area contributed by atoms with Crippen LogP contribution in [-0.2, 0) is 4.43 Å². The van der Waals surface area contributed by atoms with Crippen molar-refractivity contribution in [2.75, 3.05) is 0 Å². The van der Waals surface area contributed by atoms with Crippen molar-refractivity contribution in [3.8, 4) is 0 Å². The Morgan fingerprint density at radius 3 is 1.92 bits per heavy atom. The van der Waals surface area contributed by atoms with Gasteiger partial charge in [-0.2, -0.15) is 0 Å². The fraction of sp³-hybridized carbons (Fsp3) is 1.00. The van der Waals surface area contributed by atoms with Crippen LogP contribution in [0.5, 0.6) is 0 Å². The van der Waals surface area contributed by atoms with Crippen LogP contribution in [0.4, 0.5) is 0 Å². The third-order valence-corrected chi connectivity index (χ3v) is 7.91. The lowest BCUT2D eigenvalue weighted by Gasteiger charge is -2.32. The van der Waals surface area contributed by atoms with Crippen molar-refractivity contribution in [3.05, 3.63) is 0 Å². The van der Waals surface area contributed by atoms with Crippen molar-refractivity contribution in [2.24, 2.45) is 0 Å². The van der Waals surface area contributed by atoms with Gasteiger partial charge in [0.1, 0.15) is 0 Å². The smallest absolute Gasteiger partial charge is 0.192 e. The van der Waals surface area contributed by atoms with Gasteiger partial charge in [-0.05, 0) is 31.5 Å². The van der Waals surface area contributed by atoms with E-state index < -0.39 is 8.32 Å². The minimum absolute atomic E-state index is 0.470. The molecule has 0 aromatic heterocycles. The summed E-state index contributed by atoms with van der Waals surface area (Å²) in [5, 5.41) is 0. The SMILES string of the molecule is CCC[Si](CC)(CC)OC(C)CC. The summed E-state index contributed by atoms with van der Waals surface area (Å²) in [6, 6.07) is 3.90. The van der Waals surface area contributed by atoms with Crippen LogP contribution < -0.4 is 0 Å². The topological polar surface area (TPSA) is 9.23 Å². The molecule has 0 N–H and O–H groups in total. The van der Waals surface area contributed by atoms with Gasteiger partial charge in [-0.15, -0.1) is 0 Å². The molecule has 1 nitrogen and oxygen atoms in total. The summed E-state index contributed by atoms with van der Waals surface area (Å²) in [5.74, 6) is 0. The third-order valence-electron chi connectivity index (χ3n) is 3.02. The Hall–Kier alpha value is 0.177. The maximum atomic E-state index is 6.26. The maximum absolute atomic E-state index is 6.26. The lowest BCUT2D eigenvalue weighted by atomic mass is 10.3. The van der Waals surface area contributed by atoms with E-state index in [-0.39, 0.29) is 0 Å².